The molecule has 0 spiro atoms. The largest absolute Gasteiger partial charge is 0.476 e. The number of carboxylic acids is 1. The monoisotopic (exact) mass is 171 g/mol. The first-order valence-electron chi connectivity index (χ1n) is 2.99. The highest BCUT2D eigenvalue weighted by Crippen LogP contribution is 2.00. The highest BCUT2D eigenvalue weighted by molar-refractivity contribution is 5.85. The lowest BCUT2D eigenvalue weighted by molar-refractivity contribution is -0.497. The number of nitrogens with zero attached hydrogens (tertiary/aromatic N) is 2. The molecule has 0 atom stereocenters. The van der Waals surface area contributed by atoms with Crippen molar-refractivity contribution in [3.8, 4) is 0 Å². The van der Waals surface area contributed by atoms with E-state index in [0.717, 1.165) is 6.07 Å². The predicted octanol–water partition coefficient (Wildman–Crippen LogP) is -0.115. The molecule has 7 nitrogen and oxygen atoms in total. The van der Waals surface area contributed by atoms with Crippen molar-refractivity contribution in [2.75, 3.05) is 0 Å². The first-order chi connectivity index (χ1) is 5.59. The van der Waals surface area contributed by atoms with E-state index in [0.29, 0.717) is 0 Å². The van der Waals surface area contributed by atoms with Gasteiger partial charge in [-0.15, -0.1) is 0 Å². The number of nitro groups is 1. The summed E-state index contributed by atoms with van der Waals surface area (Å²) in [6, 6.07) is 1.13. The number of hydrogen-bond acceptors (Lipinski definition) is 4. The Bertz CT molecular complexity index is 318. The Labute approximate surface area is 66.2 Å². The van der Waals surface area contributed by atoms with Gasteiger partial charge in [0.2, 0.25) is 6.54 Å². The average molecular weight is 171 g/mol. The van der Waals surface area contributed by atoms with Crippen LogP contribution in [0.1, 0.15) is 16.2 Å². The second-order valence-electron chi connectivity index (χ2n) is 2.07. The predicted molar refractivity (Wildman–Crippen MR) is 36.2 cm³/mol. The summed E-state index contributed by atoms with van der Waals surface area (Å²) >= 11 is 0. The fourth-order valence-corrected chi connectivity index (χ4v) is 0.691. The third kappa shape index (κ3) is 1.78. The Balaban J connectivity index is 2.77. The van der Waals surface area contributed by atoms with E-state index >= 15 is 0 Å². The van der Waals surface area contributed by atoms with Crippen LogP contribution in [0.15, 0.2) is 6.07 Å². The van der Waals surface area contributed by atoms with Crippen LogP contribution in [0.5, 0.6) is 0 Å². The summed E-state index contributed by atoms with van der Waals surface area (Å²) < 4.78 is 0. The second kappa shape index (κ2) is 2.99. The van der Waals surface area contributed by atoms with Gasteiger partial charge in [-0.3, -0.25) is 15.2 Å². The zero-order valence-electron chi connectivity index (χ0n) is 5.85. The van der Waals surface area contributed by atoms with E-state index in [4.69, 9.17) is 5.11 Å². The summed E-state index contributed by atoms with van der Waals surface area (Å²) in [6.45, 7) is -0.444. The molecule has 1 aromatic rings. The molecule has 0 bridgehead atoms. The number of aromatic nitrogens is 2. The second-order valence-corrected chi connectivity index (χ2v) is 2.07. The van der Waals surface area contributed by atoms with Gasteiger partial charge in [-0.2, -0.15) is 5.10 Å². The van der Waals surface area contributed by atoms with Gasteiger partial charge in [0.15, 0.2) is 5.69 Å². The van der Waals surface area contributed by atoms with Crippen LogP contribution in [0.2, 0.25) is 0 Å². The molecule has 0 aliphatic heterocycles. The summed E-state index contributed by atoms with van der Waals surface area (Å²) in [6.07, 6.45) is 0. The molecule has 12 heavy (non-hydrogen) atoms. The van der Waals surface area contributed by atoms with Crippen molar-refractivity contribution in [3.05, 3.63) is 27.6 Å². The van der Waals surface area contributed by atoms with E-state index in [9.17, 15) is 14.9 Å². The molecule has 0 unspecified atom stereocenters. The van der Waals surface area contributed by atoms with Gasteiger partial charge in [0.1, 0.15) is 5.69 Å². The van der Waals surface area contributed by atoms with E-state index in [-0.39, 0.29) is 11.4 Å². The number of aromatic amines is 1. The smallest absolute Gasteiger partial charge is 0.356 e. The highest BCUT2D eigenvalue weighted by atomic mass is 16.6. The molecule has 1 rings (SSSR count). The van der Waals surface area contributed by atoms with Crippen LogP contribution in [0.25, 0.3) is 0 Å². The number of H-pyrrole nitrogens is 1. The maximum atomic E-state index is 10.2. The molecular formula is C5H5N3O4. The third-order valence-corrected chi connectivity index (χ3v) is 1.15. The number of nitrogens with one attached hydrogen (secondary N) is 1. The van der Waals surface area contributed by atoms with Crippen LogP contribution in [0.3, 0.4) is 0 Å². The lowest BCUT2D eigenvalue weighted by atomic mass is 10.3. The van der Waals surface area contributed by atoms with Gasteiger partial charge in [0.25, 0.3) is 0 Å². The van der Waals surface area contributed by atoms with Gasteiger partial charge in [-0.05, 0) is 0 Å². The van der Waals surface area contributed by atoms with Gasteiger partial charge in [0.05, 0.1) is 0 Å². The first-order valence-corrected chi connectivity index (χ1v) is 2.99. The van der Waals surface area contributed by atoms with Gasteiger partial charge < -0.3 is 5.11 Å². The zero-order valence-corrected chi connectivity index (χ0v) is 5.85. The number of aromatic carboxylic acids is 1. The maximum Gasteiger partial charge on any atom is 0.356 e. The van der Waals surface area contributed by atoms with Crippen molar-refractivity contribution >= 4 is 5.97 Å². The summed E-state index contributed by atoms with van der Waals surface area (Å²) in [5.41, 5.74) is -0.0377. The van der Waals surface area contributed by atoms with Crippen LogP contribution < -0.4 is 0 Å². The van der Waals surface area contributed by atoms with Crippen molar-refractivity contribution < 1.29 is 14.8 Å². The van der Waals surface area contributed by atoms with E-state index in [1.807, 2.05) is 0 Å². The molecule has 0 amide bonds. The van der Waals surface area contributed by atoms with Crippen LogP contribution in [-0.2, 0) is 6.54 Å². The Kier molecular flexibility index (Phi) is 2.04. The summed E-state index contributed by atoms with van der Waals surface area (Å²) in [5.74, 6) is -1.21. The first kappa shape index (κ1) is 8.18. The van der Waals surface area contributed by atoms with Crippen molar-refractivity contribution in [1.82, 2.24) is 10.2 Å². The molecule has 0 fully saturated rings. The average Bonchev–Trinajstić information content (AvgIpc) is 2.34. The molecular weight excluding hydrogens is 166 g/mol. The van der Waals surface area contributed by atoms with Gasteiger partial charge in [-0.1, -0.05) is 0 Å². The van der Waals surface area contributed by atoms with Gasteiger partial charge in [-0.25, -0.2) is 4.79 Å². The molecule has 0 saturated carbocycles. The molecule has 64 valence electrons. The van der Waals surface area contributed by atoms with Crippen LogP contribution in [0.4, 0.5) is 0 Å². The lowest BCUT2D eigenvalue weighted by Gasteiger charge is -1.84. The molecule has 0 radical (unpaired) electrons. The quantitative estimate of drug-likeness (QED) is 0.486. The molecule has 2 N–H and O–H groups in total. The topological polar surface area (TPSA) is 109 Å². The van der Waals surface area contributed by atoms with E-state index in [1.165, 1.54) is 0 Å². The SMILES string of the molecule is O=C(O)c1cc(C[N+](=O)[O-])[nH]n1. The molecule has 0 aromatic carbocycles. The maximum absolute atomic E-state index is 10.2. The van der Waals surface area contributed by atoms with Crippen LogP contribution in [-0.4, -0.2) is 26.2 Å². The van der Waals surface area contributed by atoms with Crippen LogP contribution in [0, 0.1) is 10.1 Å². The van der Waals surface area contributed by atoms with Crippen molar-refractivity contribution in [2.24, 2.45) is 0 Å². The normalized spacial score (nSPS) is 9.67. The van der Waals surface area contributed by atoms with E-state index in [2.05, 4.69) is 10.2 Å². The molecule has 0 saturated heterocycles. The summed E-state index contributed by atoms with van der Waals surface area (Å²) in [4.78, 5) is 19.6. The fourth-order valence-electron chi connectivity index (χ4n) is 0.691. The lowest BCUT2D eigenvalue weighted by Crippen LogP contribution is -1.98. The number of carbonyl (C=O) groups is 1. The minimum Gasteiger partial charge on any atom is -0.476 e. The summed E-state index contributed by atoms with van der Waals surface area (Å²) in [5, 5.41) is 23.9. The van der Waals surface area contributed by atoms with E-state index in [1.54, 1.807) is 0 Å². The standard InChI is InChI=1S/C5H5N3O4/c9-5(10)4-1-3(6-7-4)2-8(11)12/h1H,2H2,(H,6,7)(H,9,10). The Morgan fingerprint density at radius 1 is 1.83 bits per heavy atom. The van der Waals surface area contributed by atoms with Crippen LogP contribution >= 0.6 is 0 Å². The number of carboxylic acid groups (broad SMARTS) is 1. The van der Waals surface area contributed by atoms with Gasteiger partial charge >= 0.3 is 5.97 Å². The third-order valence-electron chi connectivity index (χ3n) is 1.15. The molecule has 1 heterocycles. The van der Waals surface area contributed by atoms with Crippen molar-refractivity contribution in [2.45, 2.75) is 6.54 Å². The molecule has 1 aromatic heterocycles. The van der Waals surface area contributed by atoms with Gasteiger partial charge in [0, 0.05) is 11.0 Å². The number of hydrogen-bond donors (Lipinski definition) is 2. The molecule has 7 heteroatoms. The summed E-state index contributed by atoms with van der Waals surface area (Å²) in [7, 11) is 0. The number of rotatable bonds is 3. The molecule has 0 aliphatic rings. The highest BCUT2D eigenvalue weighted by Gasteiger charge is 2.10. The zero-order chi connectivity index (χ0) is 9.14. The Morgan fingerprint density at radius 3 is 2.92 bits per heavy atom. The molecule has 0 aliphatic carbocycles. The minimum absolute atomic E-state index is 0.178. The van der Waals surface area contributed by atoms with E-state index < -0.39 is 17.4 Å². The Hall–Kier alpha value is -1.92. The minimum atomic E-state index is -1.21. The van der Waals surface area contributed by atoms with Crippen molar-refractivity contribution in [1.29, 1.82) is 0 Å². The Morgan fingerprint density at radius 2 is 2.50 bits per heavy atom. The fraction of sp³-hybridized carbons (Fsp3) is 0.200. The van der Waals surface area contributed by atoms with Crippen molar-refractivity contribution in [3.63, 3.8) is 0 Å².